The molecule has 0 bridgehead atoms. The number of aliphatic hydroxyl groups excluding tert-OH is 1. The largest absolute Gasteiger partial charge is 0.393 e. The van der Waals surface area contributed by atoms with Crippen molar-refractivity contribution in [2.75, 3.05) is 0 Å². The van der Waals surface area contributed by atoms with Crippen LogP contribution in [0.2, 0.25) is 0 Å². The highest BCUT2D eigenvalue weighted by Crippen LogP contribution is 2.89. The minimum absolute atomic E-state index is 0.0888. The first-order valence-corrected chi connectivity index (χ1v) is 14.2. The minimum Gasteiger partial charge on any atom is -0.393 e. The SMILES string of the molecule is C=C(CCC(C)C1CCC2(C)C3CCC4C(C)(C)C(O)CCC45CC35CCC12C)C(C)C. The van der Waals surface area contributed by atoms with Crippen LogP contribution in [0, 0.1) is 56.7 Å². The zero-order valence-electron chi connectivity index (χ0n) is 22.4. The molecule has 1 heteroatoms. The molecule has 0 saturated heterocycles. The van der Waals surface area contributed by atoms with Crippen molar-refractivity contribution in [2.24, 2.45) is 56.7 Å². The summed E-state index contributed by atoms with van der Waals surface area (Å²) in [6.45, 7) is 21.8. The molecule has 182 valence electrons. The van der Waals surface area contributed by atoms with Crippen LogP contribution in [0.3, 0.4) is 0 Å². The smallest absolute Gasteiger partial charge is 0.0594 e. The van der Waals surface area contributed by atoms with E-state index in [1.807, 2.05) is 0 Å². The molecule has 5 saturated carbocycles. The van der Waals surface area contributed by atoms with Gasteiger partial charge in [-0.25, -0.2) is 0 Å². The van der Waals surface area contributed by atoms with E-state index in [4.69, 9.17) is 0 Å². The van der Waals surface area contributed by atoms with Crippen LogP contribution in [0.4, 0.5) is 0 Å². The Morgan fingerprint density at radius 2 is 1.50 bits per heavy atom. The highest BCUT2D eigenvalue weighted by Gasteiger charge is 2.82. The maximum Gasteiger partial charge on any atom is 0.0594 e. The van der Waals surface area contributed by atoms with Crippen LogP contribution in [0.15, 0.2) is 12.2 Å². The van der Waals surface area contributed by atoms with E-state index in [-0.39, 0.29) is 11.5 Å². The van der Waals surface area contributed by atoms with Crippen LogP contribution < -0.4 is 0 Å². The van der Waals surface area contributed by atoms with Gasteiger partial charge in [-0.1, -0.05) is 60.6 Å². The van der Waals surface area contributed by atoms with E-state index in [9.17, 15) is 5.11 Å². The summed E-state index contributed by atoms with van der Waals surface area (Å²) < 4.78 is 0. The minimum atomic E-state index is -0.0888. The molecule has 32 heavy (non-hydrogen) atoms. The van der Waals surface area contributed by atoms with Gasteiger partial charge in [0.25, 0.3) is 0 Å². The van der Waals surface area contributed by atoms with Gasteiger partial charge in [0.15, 0.2) is 0 Å². The van der Waals surface area contributed by atoms with E-state index in [0.717, 1.165) is 30.1 Å². The summed E-state index contributed by atoms with van der Waals surface area (Å²) in [6, 6.07) is 0. The van der Waals surface area contributed by atoms with Gasteiger partial charge in [-0.3, -0.25) is 0 Å². The first-order valence-electron chi connectivity index (χ1n) is 14.2. The summed E-state index contributed by atoms with van der Waals surface area (Å²) in [5, 5.41) is 10.9. The van der Waals surface area contributed by atoms with Gasteiger partial charge in [0.05, 0.1) is 6.10 Å². The lowest BCUT2D eigenvalue weighted by Crippen LogP contribution is -2.57. The van der Waals surface area contributed by atoms with Crippen LogP contribution in [0.1, 0.15) is 119 Å². The molecule has 0 radical (unpaired) electrons. The van der Waals surface area contributed by atoms with Crippen LogP contribution in [-0.4, -0.2) is 11.2 Å². The zero-order chi connectivity index (χ0) is 23.3. The summed E-state index contributed by atoms with van der Waals surface area (Å²) in [6.07, 6.45) is 15.0. The molecule has 0 aromatic heterocycles. The molecular weight excluding hydrogens is 388 g/mol. The molecule has 1 nitrogen and oxygen atoms in total. The van der Waals surface area contributed by atoms with Crippen molar-refractivity contribution in [1.82, 2.24) is 0 Å². The first kappa shape index (κ1) is 23.4. The Morgan fingerprint density at radius 1 is 0.844 bits per heavy atom. The Hall–Kier alpha value is -0.300. The molecule has 5 fully saturated rings. The van der Waals surface area contributed by atoms with E-state index in [1.54, 1.807) is 0 Å². The summed E-state index contributed by atoms with van der Waals surface area (Å²) in [4.78, 5) is 0. The van der Waals surface area contributed by atoms with Gasteiger partial charge in [-0.05, 0) is 127 Å². The van der Waals surface area contributed by atoms with Gasteiger partial charge in [0.2, 0.25) is 0 Å². The average molecular weight is 441 g/mol. The molecule has 0 aliphatic heterocycles. The van der Waals surface area contributed by atoms with Crippen molar-refractivity contribution in [2.45, 2.75) is 125 Å². The molecule has 0 amide bonds. The van der Waals surface area contributed by atoms with Crippen molar-refractivity contribution in [3.05, 3.63) is 12.2 Å². The molecule has 0 aromatic rings. The molecule has 0 aromatic carbocycles. The fourth-order valence-corrected chi connectivity index (χ4v) is 11.2. The number of hydrogen-bond donors (Lipinski definition) is 1. The summed E-state index contributed by atoms with van der Waals surface area (Å²) in [5.74, 6) is 4.02. The zero-order valence-corrected chi connectivity index (χ0v) is 22.4. The lowest BCUT2D eigenvalue weighted by molar-refractivity contribution is -0.161. The first-order chi connectivity index (χ1) is 14.9. The topological polar surface area (TPSA) is 20.2 Å². The maximum absolute atomic E-state index is 10.9. The van der Waals surface area contributed by atoms with Crippen LogP contribution in [0.5, 0.6) is 0 Å². The molecule has 0 heterocycles. The Balaban J connectivity index is 1.39. The maximum atomic E-state index is 10.9. The quantitative estimate of drug-likeness (QED) is 0.425. The van der Waals surface area contributed by atoms with Gasteiger partial charge in [0.1, 0.15) is 0 Å². The fraction of sp³-hybridized carbons (Fsp3) is 0.935. The van der Waals surface area contributed by atoms with Gasteiger partial charge in [0, 0.05) is 0 Å². The molecule has 9 atom stereocenters. The second kappa shape index (κ2) is 7.11. The van der Waals surface area contributed by atoms with Gasteiger partial charge in [-0.15, -0.1) is 0 Å². The van der Waals surface area contributed by atoms with Crippen LogP contribution >= 0.6 is 0 Å². The predicted octanol–water partition coefficient (Wildman–Crippen LogP) is 8.41. The Morgan fingerprint density at radius 3 is 2.19 bits per heavy atom. The van der Waals surface area contributed by atoms with Crippen molar-refractivity contribution in [3.63, 3.8) is 0 Å². The molecule has 5 aliphatic carbocycles. The summed E-state index contributed by atoms with van der Waals surface area (Å²) in [5.41, 5.74) is 3.79. The number of allylic oxidation sites excluding steroid dienone is 1. The second-order valence-electron chi connectivity index (χ2n) is 14.9. The van der Waals surface area contributed by atoms with E-state index < -0.39 is 0 Å². The Kier molecular flexibility index (Phi) is 5.21. The van der Waals surface area contributed by atoms with Crippen LogP contribution in [-0.2, 0) is 0 Å². The van der Waals surface area contributed by atoms with Gasteiger partial charge in [-0.2, -0.15) is 0 Å². The lowest BCUT2D eigenvalue weighted by atomic mass is 9.41. The monoisotopic (exact) mass is 440 g/mol. The molecule has 5 aliphatic rings. The van der Waals surface area contributed by atoms with E-state index in [2.05, 4.69) is 55.0 Å². The van der Waals surface area contributed by atoms with Crippen molar-refractivity contribution in [1.29, 1.82) is 0 Å². The number of aliphatic hydroxyl groups is 1. The van der Waals surface area contributed by atoms with E-state index in [0.29, 0.717) is 27.6 Å². The number of hydrogen-bond acceptors (Lipinski definition) is 1. The second-order valence-corrected chi connectivity index (χ2v) is 14.9. The third-order valence-electron chi connectivity index (χ3n) is 13.6. The predicted molar refractivity (Wildman–Crippen MR) is 135 cm³/mol. The molecule has 1 N–H and O–H groups in total. The molecular formula is C31H52O. The van der Waals surface area contributed by atoms with Crippen LogP contribution in [0.25, 0.3) is 0 Å². The highest BCUT2D eigenvalue weighted by molar-refractivity contribution is 5.30. The lowest BCUT2D eigenvalue weighted by Gasteiger charge is -2.63. The highest BCUT2D eigenvalue weighted by atomic mass is 16.3. The number of fused-ring (bicyclic) bond motifs is 2. The molecule has 2 spiro atoms. The molecule has 9 unspecified atom stereocenters. The van der Waals surface area contributed by atoms with Gasteiger partial charge >= 0.3 is 0 Å². The summed E-state index contributed by atoms with van der Waals surface area (Å²) >= 11 is 0. The summed E-state index contributed by atoms with van der Waals surface area (Å²) in [7, 11) is 0. The van der Waals surface area contributed by atoms with Crippen molar-refractivity contribution < 1.29 is 5.11 Å². The number of rotatable bonds is 5. The average Bonchev–Trinajstić information content (AvgIpc) is 3.31. The normalized spacial score (nSPS) is 51.9. The Bertz CT molecular complexity index is 779. The standard InChI is InChI=1S/C31H52O/c1-20(2)21(3)9-10-22(4)23-13-15-29(8)25-12-11-24-27(5,6)26(32)14-16-30(24)19-31(25,30)18-17-28(23,29)7/h20,22-26,32H,3,9-19H2,1-2,4-8H3. The van der Waals surface area contributed by atoms with Gasteiger partial charge < -0.3 is 5.11 Å². The molecule has 5 rings (SSSR count). The van der Waals surface area contributed by atoms with E-state index >= 15 is 0 Å². The third-order valence-corrected chi connectivity index (χ3v) is 13.6. The Labute approximate surface area is 199 Å². The van der Waals surface area contributed by atoms with Crippen molar-refractivity contribution >= 4 is 0 Å². The fourth-order valence-electron chi connectivity index (χ4n) is 11.2. The third kappa shape index (κ3) is 2.73. The van der Waals surface area contributed by atoms with Crippen molar-refractivity contribution in [3.8, 4) is 0 Å². The van der Waals surface area contributed by atoms with E-state index in [1.165, 1.54) is 69.8 Å².